The van der Waals surface area contributed by atoms with Gasteiger partial charge in [0.15, 0.2) is 0 Å². The Labute approximate surface area is 225 Å². The number of aliphatic hydroxyl groups is 1. The van der Waals surface area contributed by atoms with Gasteiger partial charge in [0.2, 0.25) is 11.8 Å². The molecule has 0 aromatic heterocycles. The standard InChI is InChI=1S/C14H26N2O3.C9H18N2O.CH4O.2ClH/c1-11(17)15(6)14(5)7-9-16(10-8-14)12(18)19-13(2,3)4;1-8(12)11(3)9(2)4-6-10-7-5-9;1-2;;/h7-10H2,1-6H3;10H,4-7H2,1-3H3;2H,1H3;2*1H. The van der Waals surface area contributed by atoms with E-state index < -0.39 is 5.60 Å². The number of amides is 3. The molecular weight excluding hydrogens is 495 g/mol. The van der Waals surface area contributed by atoms with Crippen LogP contribution in [0, 0.1) is 0 Å². The van der Waals surface area contributed by atoms with Crippen molar-refractivity contribution in [3.63, 3.8) is 0 Å². The molecule has 2 saturated heterocycles. The maximum Gasteiger partial charge on any atom is 0.410 e. The second-order valence-electron chi connectivity index (χ2n) is 10.4. The molecule has 2 fully saturated rings. The largest absolute Gasteiger partial charge is 0.444 e. The van der Waals surface area contributed by atoms with Gasteiger partial charge in [-0.2, -0.15) is 0 Å². The summed E-state index contributed by atoms with van der Waals surface area (Å²) in [7, 11) is 4.72. The smallest absolute Gasteiger partial charge is 0.410 e. The van der Waals surface area contributed by atoms with Gasteiger partial charge >= 0.3 is 6.09 Å². The van der Waals surface area contributed by atoms with Crippen molar-refractivity contribution in [3.05, 3.63) is 0 Å². The first kappa shape index (κ1) is 38.2. The number of ether oxygens (including phenoxy) is 1. The van der Waals surface area contributed by atoms with Gasteiger partial charge in [-0.3, -0.25) is 9.59 Å². The summed E-state index contributed by atoms with van der Waals surface area (Å²) in [6, 6.07) is 0. The summed E-state index contributed by atoms with van der Waals surface area (Å²) in [4.78, 5) is 39.9. The molecule has 2 N–H and O–H groups in total. The number of carbonyl (C=O) groups excluding carboxylic acids is 3. The molecule has 0 saturated carbocycles. The van der Waals surface area contributed by atoms with Crippen LogP contribution < -0.4 is 5.32 Å². The van der Waals surface area contributed by atoms with Gasteiger partial charge in [-0.15, -0.1) is 24.8 Å². The van der Waals surface area contributed by atoms with Gasteiger partial charge in [-0.1, -0.05) is 0 Å². The Balaban J connectivity index is -0.000000557. The lowest BCUT2D eigenvalue weighted by molar-refractivity contribution is -0.135. The van der Waals surface area contributed by atoms with Crippen LogP contribution in [0.3, 0.4) is 0 Å². The molecule has 2 heterocycles. The molecule has 0 aromatic rings. The second kappa shape index (κ2) is 16.5. The highest BCUT2D eigenvalue weighted by Gasteiger charge is 2.37. The van der Waals surface area contributed by atoms with E-state index in [0.717, 1.165) is 45.9 Å². The van der Waals surface area contributed by atoms with E-state index in [9.17, 15) is 14.4 Å². The monoisotopic (exact) mass is 544 g/mol. The van der Waals surface area contributed by atoms with E-state index in [4.69, 9.17) is 9.84 Å². The first-order valence-electron chi connectivity index (χ1n) is 11.7. The molecule has 0 spiro atoms. The van der Waals surface area contributed by atoms with E-state index in [1.165, 1.54) is 0 Å². The number of nitrogens with zero attached hydrogens (tertiary/aromatic N) is 3. The summed E-state index contributed by atoms with van der Waals surface area (Å²) in [6.07, 6.45) is 3.41. The van der Waals surface area contributed by atoms with Gasteiger partial charge in [-0.05, 0) is 73.4 Å². The van der Waals surface area contributed by atoms with Crippen molar-refractivity contribution in [2.45, 2.75) is 90.8 Å². The van der Waals surface area contributed by atoms with Crippen molar-refractivity contribution in [1.82, 2.24) is 20.0 Å². The number of carbonyl (C=O) groups is 3. The van der Waals surface area contributed by atoms with Crippen LogP contribution in [0.5, 0.6) is 0 Å². The average molecular weight is 546 g/mol. The van der Waals surface area contributed by atoms with Crippen LogP contribution in [0.25, 0.3) is 0 Å². The van der Waals surface area contributed by atoms with Crippen molar-refractivity contribution >= 4 is 42.7 Å². The van der Waals surface area contributed by atoms with Crippen LogP contribution in [-0.4, -0.2) is 102 Å². The lowest BCUT2D eigenvalue weighted by Crippen LogP contribution is -2.55. The zero-order valence-corrected chi connectivity index (χ0v) is 25.0. The quantitative estimate of drug-likeness (QED) is 0.552. The predicted molar refractivity (Wildman–Crippen MR) is 145 cm³/mol. The highest BCUT2D eigenvalue weighted by molar-refractivity contribution is 5.85. The molecule has 0 radical (unpaired) electrons. The minimum atomic E-state index is -0.464. The second-order valence-corrected chi connectivity index (χ2v) is 10.4. The summed E-state index contributed by atoms with van der Waals surface area (Å²) >= 11 is 0. The number of aliphatic hydroxyl groups excluding tert-OH is 1. The van der Waals surface area contributed by atoms with Crippen molar-refractivity contribution in [3.8, 4) is 0 Å². The third kappa shape index (κ3) is 12.5. The maximum absolute atomic E-state index is 12.0. The molecule has 35 heavy (non-hydrogen) atoms. The van der Waals surface area contributed by atoms with Gasteiger partial charge in [-0.25, -0.2) is 4.79 Å². The third-order valence-electron chi connectivity index (χ3n) is 6.74. The van der Waals surface area contributed by atoms with E-state index in [0.29, 0.717) is 13.1 Å². The summed E-state index contributed by atoms with van der Waals surface area (Å²) in [5.74, 6) is 0.229. The number of hydrogen-bond acceptors (Lipinski definition) is 6. The number of nitrogens with one attached hydrogen (secondary N) is 1. The molecule has 2 rings (SSSR count). The average Bonchev–Trinajstić information content (AvgIpc) is 2.74. The fourth-order valence-corrected chi connectivity index (χ4v) is 3.89. The van der Waals surface area contributed by atoms with E-state index in [1.54, 1.807) is 23.6 Å². The van der Waals surface area contributed by atoms with Gasteiger partial charge in [0.05, 0.1) is 0 Å². The fraction of sp³-hybridized carbons (Fsp3) is 0.875. The molecule has 210 valence electrons. The lowest BCUT2D eigenvalue weighted by Gasteiger charge is -2.44. The van der Waals surface area contributed by atoms with Crippen LogP contribution in [0.15, 0.2) is 0 Å². The van der Waals surface area contributed by atoms with Crippen LogP contribution in [0.4, 0.5) is 4.79 Å². The molecule has 3 amide bonds. The highest BCUT2D eigenvalue weighted by Crippen LogP contribution is 2.28. The summed E-state index contributed by atoms with van der Waals surface area (Å²) in [5.41, 5.74) is -0.546. The third-order valence-corrected chi connectivity index (χ3v) is 6.74. The lowest BCUT2D eigenvalue weighted by atomic mass is 9.88. The van der Waals surface area contributed by atoms with E-state index >= 15 is 0 Å². The molecule has 0 aliphatic carbocycles. The normalized spacial score (nSPS) is 18.0. The van der Waals surface area contributed by atoms with E-state index in [-0.39, 0.29) is 53.8 Å². The summed E-state index contributed by atoms with van der Waals surface area (Å²) < 4.78 is 5.36. The SMILES string of the molecule is CC(=O)N(C)C1(C)CCN(C(=O)OC(C)(C)C)CC1.CC(=O)N(C)C1(C)CCNCC1.CO.Cl.Cl. The molecule has 9 nitrogen and oxygen atoms in total. The van der Waals surface area contributed by atoms with Crippen molar-refractivity contribution in [2.24, 2.45) is 0 Å². The van der Waals surface area contributed by atoms with Crippen LogP contribution in [-0.2, 0) is 14.3 Å². The molecule has 0 atom stereocenters. The Hall–Kier alpha value is -1.29. The Morgan fingerprint density at radius 3 is 1.49 bits per heavy atom. The van der Waals surface area contributed by atoms with Crippen molar-refractivity contribution < 1.29 is 24.2 Å². The van der Waals surface area contributed by atoms with Crippen molar-refractivity contribution in [2.75, 3.05) is 47.4 Å². The number of halogens is 2. The van der Waals surface area contributed by atoms with Gasteiger partial charge in [0.1, 0.15) is 5.60 Å². The Morgan fingerprint density at radius 2 is 1.17 bits per heavy atom. The van der Waals surface area contributed by atoms with Gasteiger partial charge in [0.25, 0.3) is 0 Å². The molecule has 0 bridgehead atoms. The highest BCUT2D eigenvalue weighted by atomic mass is 35.5. The Morgan fingerprint density at radius 1 is 0.829 bits per heavy atom. The van der Waals surface area contributed by atoms with Crippen LogP contribution in [0.1, 0.15) is 74.1 Å². The summed E-state index contributed by atoms with van der Waals surface area (Å²) in [6.45, 7) is 16.3. The Kier molecular flexibility index (Phi) is 18.0. The number of piperidine rings is 2. The first-order chi connectivity index (χ1) is 15.1. The topological polar surface area (TPSA) is 102 Å². The van der Waals surface area contributed by atoms with Crippen LogP contribution >= 0.6 is 24.8 Å². The molecular formula is C24H50Cl2N4O5. The number of rotatable bonds is 2. The minimum Gasteiger partial charge on any atom is -0.444 e. The first-order valence-corrected chi connectivity index (χ1v) is 11.7. The molecule has 2 aliphatic heterocycles. The zero-order valence-electron chi connectivity index (χ0n) is 23.4. The van der Waals surface area contributed by atoms with E-state index in [1.807, 2.05) is 39.8 Å². The van der Waals surface area contributed by atoms with Gasteiger partial charge in [0, 0.05) is 59.2 Å². The van der Waals surface area contributed by atoms with Gasteiger partial charge < -0.3 is 29.9 Å². The molecule has 11 heteroatoms. The van der Waals surface area contributed by atoms with E-state index in [2.05, 4.69) is 19.2 Å². The number of hydrogen-bond donors (Lipinski definition) is 2. The predicted octanol–water partition coefficient (Wildman–Crippen LogP) is 3.31. The fourth-order valence-electron chi connectivity index (χ4n) is 3.89. The Bertz CT molecular complexity index is 644. The zero-order chi connectivity index (χ0) is 26.0. The van der Waals surface area contributed by atoms with Crippen LogP contribution in [0.2, 0.25) is 0 Å². The van der Waals surface area contributed by atoms with Crippen molar-refractivity contribution in [1.29, 1.82) is 0 Å². The molecule has 0 aromatic carbocycles. The molecule has 2 aliphatic rings. The number of likely N-dealkylation sites (tertiary alicyclic amines) is 1. The minimum absolute atomic E-state index is 0. The maximum atomic E-state index is 12.0. The molecule has 0 unspecified atom stereocenters. The summed E-state index contributed by atoms with van der Waals surface area (Å²) in [5, 5.41) is 10.3.